The summed E-state index contributed by atoms with van der Waals surface area (Å²) in [5.74, 6) is 1.63. The molecule has 28 heavy (non-hydrogen) atoms. The highest BCUT2D eigenvalue weighted by Gasteiger charge is 2.16. The van der Waals surface area contributed by atoms with Crippen molar-refractivity contribution in [3.63, 3.8) is 0 Å². The van der Waals surface area contributed by atoms with Crippen LogP contribution in [0.1, 0.15) is 12.5 Å². The average molecular weight is 395 g/mol. The third-order valence-electron chi connectivity index (χ3n) is 4.50. The third kappa shape index (κ3) is 3.66. The van der Waals surface area contributed by atoms with Gasteiger partial charge in [-0.25, -0.2) is 4.99 Å². The van der Waals surface area contributed by atoms with Gasteiger partial charge in [-0.15, -0.1) is 0 Å². The van der Waals surface area contributed by atoms with E-state index in [2.05, 4.69) is 9.89 Å². The van der Waals surface area contributed by atoms with Crippen molar-refractivity contribution in [2.75, 3.05) is 25.3 Å². The van der Waals surface area contributed by atoms with Crippen LogP contribution in [0.4, 0.5) is 5.69 Å². The molecule has 2 heterocycles. The maximum Gasteiger partial charge on any atom is 0.271 e. The topological polar surface area (TPSA) is 56.1 Å². The average Bonchev–Trinajstić information content (AvgIpc) is 3.04. The SMILES string of the molecule is CCOc1ccc(/C=c2/sc3n(c2=O)CN(c2ccc(OC)cc2)CN=3)cc1. The lowest BCUT2D eigenvalue weighted by molar-refractivity contribution is 0.340. The van der Waals surface area contributed by atoms with Crippen molar-refractivity contribution in [2.45, 2.75) is 13.6 Å². The predicted octanol–water partition coefficient (Wildman–Crippen LogP) is 2.20. The maximum atomic E-state index is 12.9. The van der Waals surface area contributed by atoms with Crippen LogP contribution in [0, 0.1) is 0 Å². The van der Waals surface area contributed by atoms with Gasteiger partial charge in [0.05, 0.1) is 18.2 Å². The standard InChI is InChI=1S/C21H21N3O3S/c1-3-27-18-8-4-15(5-9-18)12-19-20(25)24-14-23(13-22-21(24)28-19)16-6-10-17(26-2)11-7-16/h4-12H,3,13-14H2,1-2H3/b19-12+. The first-order valence-electron chi connectivity index (χ1n) is 9.05. The fourth-order valence-corrected chi connectivity index (χ4v) is 4.01. The molecular weight excluding hydrogens is 374 g/mol. The minimum atomic E-state index is -0.0177. The van der Waals surface area contributed by atoms with Crippen LogP contribution in [0.25, 0.3) is 6.08 Å². The normalized spacial score (nSPS) is 13.8. The molecule has 0 fully saturated rings. The molecule has 2 aromatic carbocycles. The Morgan fingerprint density at radius 3 is 2.50 bits per heavy atom. The molecule has 0 amide bonds. The second kappa shape index (κ2) is 7.90. The Labute approximate surface area is 166 Å². The Balaban J connectivity index is 1.61. The third-order valence-corrected chi connectivity index (χ3v) is 5.55. The molecule has 0 aliphatic carbocycles. The molecule has 7 heteroatoms. The van der Waals surface area contributed by atoms with Gasteiger partial charge in [0.25, 0.3) is 5.56 Å². The van der Waals surface area contributed by atoms with E-state index >= 15 is 0 Å². The quantitative estimate of drug-likeness (QED) is 0.665. The number of benzene rings is 2. The summed E-state index contributed by atoms with van der Waals surface area (Å²) in [4.78, 5) is 20.3. The van der Waals surface area contributed by atoms with Gasteiger partial charge in [0, 0.05) is 5.69 Å². The highest BCUT2D eigenvalue weighted by Crippen LogP contribution is 2.20. The van der Waals surface area contributed by atoms with E-state index in [0.717, 1.165) is 27.6 Å². The summed E-state index contributed by atoms with van der Waals surface area (Å²) in [7, 11) is 1.64. The van der Waals surface area contributed by atoms with Crippen LogP contribution in [0.5, 0.6) is 11.5 Å². The smallest absolute Gasteiger partial charge is 0.271 e. The van der Waals surface area contributed by atoms with Crippen LogP contribution in [0.2, 0.25) is 0 Å². The van der Waals surface area contributed by atoms with E-state index in [0.29, 0.717) is 24.5 Å². The van der Waals surface area contributed by atoms with Crippen molar-refractivity contribution in [3.8, 4) is 11.5 Å². The van der Waals surface area contributed by atoms with Gasteiger partial charge in [-0.2, -0.15) is 0 Å². The number of ether oxygens (including phenoxy) is 2. The molecule has 3 aromatic rings. The maximum absolute atomic E-state index is 12.9. The zero-order chi connectivity index (χ0) is 19.5. The van der Waals surface area contributed by atoms with Crippen molar-refractivity contribution in [1.82, 2.24) is 4.57 Å². The highest BCUT2D eigenvalue weighted by atomic mass is 32.1. The Morgan fingerprint density at radius 1 is 1.11 bits per heavy atom. The lowest BCUT2D eigenvalue weighted by atomic mass is 10.2. The van der Waals surface area contributed by atoms with Crippen molar-refractivity contribution < 1.29 is 9.47 Å². The summed E-state index contributed by atoms with van der Waals surface area (Å²) in [6, 6.07) is 15.5. The molecule has 1 aromatic heterocycles. The van der Waals surface area contributed by atoms with E-state index in [-0.39, 0.29) is 5.56 Å². The highest BCUT2D eigenvalue weighted by molar-refractivity contribution is 7.07. The fraction of sp³-hybridized carbons (Fsp3) is 0.238. The molecule has 0 unspecified atom stereocenters. The molecule has 6 nitrogen and oxygen atoms in total. The second-order valence-electron chi connectivity index (χ2n) is 6.31. The molecule has 0 radical (unpaired) electrons. The Hall–Kier alpha value is -3.06. The number of hydrogen-bond acceptors (Lipinski definition) is 6. The van der Waals surface area contributed by atoms with Gasteiger partial charge < -0.3 is 14.4 Å². The zero-order valence-electron chi connectivity index (χ0n) is 15.8. The first-order valence-corrected chi connectivity index (χ1v) is 9.87. The number of nitrogens with zero attached hydrogens (tertiary/aromatic N) is 3. The number of rotatable bonds is 5. The molecule has 1 aliphatic rings. The van der Waals surface area contributed by atoms with Crippen LogP contribution < -0.4 is 29.3 Å². The Bertz CT molecular complexity index is 1130. The Kier molecular flexibility index (Phi) is 5.16. The van der Waals surface area contributed by atoms with Crippen molar-refractivity contribution in [3.05, 3.63) is 73.8 Å². The van der Waals surface area contributed by atoms with Crippen LogP contribution >= 0.6 is 11.3 Å². The van der Waals surface area contributed by atoms with Crippen molar-refractivity contribution in [1.29, 1.82) is 0 Å². The van der Waals surface area contributed by atoms with Gasteiger partial charge in [-0.1, -0.05) is 23.5 Å². The summed E-state index contributed by atoms with van der Waals surface area (Å²) < 4.78 is 13.1. The lowest BCUT2D eigenvalue weighted by Gasteiger charge is -2.25. The largest absolute Gasteiger partial charge is 0.497 e. The summed E-state index contributed by atoms with van der Waals surface area (Å²) in [5.41, 5.74) is 1.95. The summed E-state index contributed by atoms with van der Waals surface area (Å²) in [6.45, 7) is 3.59. The van der Waals surface area contributed by atoms with Gasteiger partial charge in [0.2, 0.25) is 0 Å². The number of methoxy groups -OCH3 is 1. The molecule has 0 N–H and O–H groups in total. The first-order chi connectivity index (χ1) is 13.7. The monoisotopic (exact) mass is 395 g/mol. The second-order valence-corrected chi connectivity index (χ2v) is 7.32. The predicted molar refractivity (Wildman–Crippen MR) is 111 cm³/mol. The molecule has 0 saturated heterocycles. The number of hydrogen-bond donors (Lipinski definition) is 0. The van der Waals surface area contributed by atoms with Gasteiger partial charge >= 0.3 is 0 Å². The van der Waals surface area contributed by atoms with Crippen molar-refractivity contribution in [2.24, 2.45) is 4.99 Å². The molecule has 0 spiro atoms. The molecule has 0 atom stereocenters. The van der Waals surface area contributed by atoms with Gasteiger partial charge in [0.15, 0.2) is 4.80 Å². The van der Waals surface area contributed by atoms with E-state index in [9.17, 15) is 4.79 Å². The Morgan fingerprint density at radius 2 is 1.82 bits per heavy atom. The van der Waals surface area contributed by atoms with E-state index in [4.69, 9.17) is 9.47 Å². The molecule has 0 bridgehead atoms. The zero-order valence-corrected chi connectivity index (χ0v) is 16.6. The van der Waals surface area contributed by atoms with Gasteiger partial charge in [-0.05, 0) is 55.0 Å². The molecule has 144 valence electrons. The number of fused-ring (bicyclic) bond motifs is 1. The van der Waals surface area contributed by atoms with Crippen LogP contribution in [-0.4, -0.2) is 25.0 Å². The minimum Gasteiger partial charge on any atom is -0.497 e. The summed E-state index contributed by atoms with van der Waals surface area (Å²) in [6.07, 6.45) is 1.90. The number of aromatic nitrogens is 1. The van der Waals surface area contributed by atoms with Crippen LogP contribution in [0.15, 0.2) is 58.3 Å². The first kappa shape index (κ1) is 18.3. The summed E-state index contributed by atoms with van der Waals surface area (Å²) in [5, 5.41) is 0. The van der Waals surface area contributed by atoms with E-state index in [1.807, 2.05) is 61.5 Å². The summed E-state index contributed by atoms with van der Waals surface area (Å²) >= 11 is 1.42. The number of anilines is 1. The molecule has 4 rings (SSSR count). The fourth-order valence-electron chi connectivity index (χ4n) is 3.05. The number of thiazole rings is 1. The van der Waals surface area contributed by atoms with E-state index < -0.39 is 0 Å². The van der Waals surface area contributed by atoms with Gasteiger partial charge in [-0.3, -0.25) is 9.36 Å². The van der Waals surface area contributed by atoms with E-state index in [1.54, 1.807) is 11.7 Å². The molecular formula is C21H21N3O3S. The van der Waals surface area contributed by atoms with Crippen LogP contribution in [-0.2, 0) is 6.67 Å². The lowest BCUT2D eigenvalue weighted by Crippen LogP contribution is -2.42. The molecule has 1 aliphatic heterocycles. The minimum absolute atomic E-state index is 0.0177. The van der Waals surface area contributed by atoms with E-state index in [1.165, 1.54) is 11.3 Å². The van der Waals surface area contributed by atoms with Crippen molar-refractivity contribution >= 4 is 23.1 Å². The molecule has 0 saturated carbocycles. The van der Waals surface area contributed by atoms with Crippen LogP contribution in [0.3, 0.4) is 0 Å². The van der Waals surface area contributed by atoms with Gasteiger partial charge in [0.1, 0.15) is 24.8 Å².